The molecule has 0 aromatic heterocycles. The summed E-state index contributed by atoms with van der Waals surface area (Å²) < 4.78 is 20.8. The van der Waals surface area contributed by atoms with Crippen molar-refractivity contribution >= 4 is 8.80 Å². The summed E-state index contributed by atoms with van der Waals surface area (Å²) >= 11 is 0. The predicted octanol–water partition coefficient (Wildman–Crippen LogP) is 2.36. The fraction of sp³-hybridized carbons (Fsp3) is 0.462. The Balaban J connectivity index is 2.46. The molecule has 0 atom stereocenters. The molecule has 0 spiro atoms. The number of nitrogens with zero attached hydrogens (tertiary/aromatic N) is 1. The third-order valence-electron chi connectivity index (χ3n) is 2.97. The summed E-state index contributed by atoms with van der Waals surface area (Å²) in [5.41, 5.74) is 1.18. The van der Waals surface area contributed by atoms with E-state index in [1.807, 2.05) is 12.1 Å². The number of nitriles is 1. The first kappa shape index (κ1) is 15.7. The van der Waals surface area contributed by atoms with Gasteiger partial charge >= 0.3 is 8.80 Å². The maximum Gasteiger partial charge on any atom is 0.500 e. The van der Waals surface area contributed by atoms with E-state index < -0.39 is 8.80 Å². The van der Waals surface area contributed by atoms with Crippen molar-refractivity contribution in [3.8, 4) is 12.0 Å². The average Bonchev–Trinajstić information content (AvgIpc) is 2.46. The van der Waals surface area contributed by atoms with Crippen LogP contribution in [0.3, 0.4) is 0 Å². The predicted molar refractivity (Wildman–Crippen MR) is 72.6 cm³/mol. The largest absolute Gasteiger partial charge is 0.500 e. The van der Waals surface area contributed by atoms with Crippen molar-refractivity contribution in [3.05, 3.63) is 29.8 Å². The van der Waals surface area contributed by atoms with E-state index in [9.17, 15) is 0 Å². The zero-order chi connectivity index (χ0) is 14.1. The second-order valence-electron chi connectivity index (χ2n) is 3.99. The summed E-state index contributed by atoms with van der Waals surface area (Å²) in [6, 6.07) is 8.23. The second-order valence-corrected chi connectivity index (χ2v) is 7.08. The summed E-state index contributed by atoms with van der Waals surface area (Å²) in [7, 11) is 2.39. The lowest BCUT2D eigenvalue weighted by Gasteiger charge is -2.24. The molecule has 0 radical (unpaired) electrons. The normalized spacial score (nSPS) is 11.1. The molecule has 0 amide bonds. The molecule has 0 unspecified atom stereocenters. The van der Waals surface area contributed by atoms with Crippen LogP contribution in [-0.2, 0) is 19.7 Å². The number of benzene rings is 1. The van der Waals surface area contributed by atoms with Crippen LogP contribution in [0.15, 0.2) is 24.3 Å². The summed E-state index contributed by atoms with van der Waals surface area (Å²) in [6.45, 7) is 0. The van der Waals surface area contributed by atoms with E-state index >= 15 is 0 Å². The Morgan fingerprint density at radius 3 is 2.11 bits per heavy atom. The van der Waals surface area contributed by atoms with Gasteiger partial charge in [-0.15, -0.1) is 5.26 Å². The molecule has 0 heterocycles. The molecule has 0 aliphatic heterocycles. The van der Waals surface area contributed by atoms with Gasteiger partial charge in [0.2, 0.25) is 0 Å². The fourth-order valence-corrected chi connectivity index (χ4v) is 3.56. The quantitative estimate of drug-likeness (QED) is 0.541. The number of ether oxygens (including phenoxy) is 1. The van der Waals surface area contributed by atoms with Gasteiger partial charge in [-0.25, -0.2) is 0 Å². The summed E-state index contributed by atoms with van der Waals surface area (Å²) in [4.78, 5) is 0. The van der Waals surface area contributed by atoms with Crippen LogP contribution in [0.5, 0.6) is 5.75 Å². The Kier molecular flexibility index (Phi) is 6.52. The Morgan fingerprint density at radius 1 is 1.05 bits per heavy atom. The van der Waals surface area contributed by atoms with Gasteiger partial charge in [-0.3, -0.25) is 0 Å². The molecule has 0 N–H and O–H groups in total. The molecule has 1 aromatic rings. The van der Waals surface area contributed by atoms with E-state index in [0.29, 0.717) is 5.75 Å². The molecule has 0 aliphatic carbocycles. The van der Waals surface area contributed by atoms with Gasteiger partial charge in [0, 0.05) is 27.4 Å². The molecule has 0 fully saturated rings. The molecule has 6 heteroatoms. The highest BCUT2D eigenvalue weighted by atomic mass is 28.4. The first-order chi connectivity index (χ1) is 9.19. The lowest BCUT2D eigenvalue weighted by molar-refractivity contribution is 0.123. The highest BCUT2D eigenvalue weighted by molar-refractivity contribution is 6.60. The maximum absolute atomic E-state index is 8.39. The summed E-state index contributed by atoms with van der Waals surface area (Å²) in [5.74, 6) is 0.556. The zero-order valence-electron chi connectivity index (χ0n) is 11.5. The van der Waals surface area contributed by atoms with Gasteiger partial charge in [-0.2, -0.15) is 0 Å². The van der Waals surface area contributed by atoms with E-state index in [1.165, 1.54) is 5.56 Å². The van der Waals surface area contributed by atoms with Crippen LogP contribution in [0.2, 0.25) is 6.04 Å². The van der Waals surface area contributed by atoms with E-state index in [2.05, 4.69) is 0 Å². The van der Waals surface area contributed by atoms with Crippen molar-refractivity contribution in [2.75, 3.05) is 21.3 Å². The van der Waals surface area contributed by atoms with E-state index in [1.54, 1.807) is 39.7 Å². The van der Waals surface area contributed by atoms with Crippen molar-refractivity contribution in [2.24, 2.45) is 0 Å². The maximum atomic E-state index is 8.39. The van der Waals surface area contributed by atoms with Crippen molar-refractivity contribution < 1.29 is 18.0 Å². The van der Waals surface area contributed by atoms with Gasteiger partial charge in [-0.1, -0.05) is 12.1 Å². The third-order valence-corrected chi connectivity index (χ3v) is 5.80. The minimum Gasteiger partial charge on any atom is -0.388 e. The Hall–Kier alpha value is -1.39. The molecule has 104 valence electrons. The average molecular weight is 281 g/mol. The van der Waals surface area contributed by atoms with Gasteiger partial charge in [0.05, 0.1) is 0 Å². The van der Waals surface area contributed by atoms with Crippen LogP contribution in [0.4, 0.5) is 0 Å². The third kappa shape index (κ3) is 4.65. The smallest absolute Gasteiger partial charge is 0.388 e. The Bertz CT molecular complexity index is 403. The lowest BCUT2D eigenvalue weighted by Crippen LogP contribution is -2.42. The minimum atomic E-state index is -2.46. The van der Waals surface area contributed by atoms with Crippen LogP contribution in [0.1, 0.15) is 12.0 Å². The number of hydrogen-bond acceptors (Lipinski definition) is 5. The Morgan fingerprint density at radius 2 is 1.63 bits per heavy atom. The molecule has 19 heavy (non-hydrogen) atoms. The summed E-state index contributed by atoms with van der Waals surface area (Å²) in [6.07, 6.45) is 3.46. The molecule has 1 rings (SSSR count). The minimum absolute atomic E-state index is 0.556. The van der Waals surface area contributed by atoms with Gasteiger partial charge in [0.15, 0.2) is 0 Å². The number of rotatable bonds is 8. The van der Waals surface area contributed by atoms with Crippen LogP contribution >= 0.6 is 0 Å². The fourth-order valence-electron chi connectivity index (χ4n) is 1.84. The van der Waals surface area contributed by atoms with E-state index in [4.69, 9.17) is 23.3 Å². The van der Waals surface area contributed by atoms with Crippen LogP contribution in [0.25, 0.3) is 0 Å². The SMILES string of the molecule is CO[Si](CCCc1ccc(OC#N)cc1)(OC)OC. The molecule has 0 saturated carbocycles. The molecule has 1 aromatic carbocycles. The molecule has 0 aliphatic rings. The number of aryl methyl sites for hydroxylation is 1. The monoisotopic (exact) mass is 281 g/mol. The highest BCUT2D eigenvalue weighted by Gasteiger charge is 2.36. The second kappa shape index (κ2) is 7.91. The van der Waals surface area contributed by atoms with Crippen molar-refractivity contribution in [2.45, 2.75) is 18.9 Å². The molecular weight excluding hydrogens is 262 g/mol. The van der Waals surface area contributed by atoms with Gasteiger partial charge in [0.1, 0.15) is 5.75 Å². The van der Waals surface area contributed by atoms with Crippen LogP contribution in [0, 0.1) is 11.5 Å². The molecular formula is C13H19NO4Si. The molecule has 0 bridgehead atoms. The van der Waals surface area contributed by atoms with Gasteiger partial charge < -0.3 is 18.0 Å². The van der Waals surface area contributed by atoms with Crippen molar-refractivity contribution in [1.82, 2.24) is 0 Å². The first-order valence-corrected chi connectivity index (χ1v) is 7.93. The van der Waals surface area contributed by atoms with E-state index in [0.717, 1.165) is 18.9 Å². The van der Waals surface area contributed by atoms with Gasteiger partial charge in [0.25, 0.3) is 6.26 Å². The Labute approximate surface area is 115 Å². The first-order valence-electron chi connectivity index (χ1n) is 6.00. The van der Waals surface area contributed by atoms with Crippen molar-refractivity contribution in [1.29, 1.82) is 5.26 Å². The lowest BCUT2D eigenvalue weighted by atomic mass is 10.1. The topological polar surface area (TPSA) is 60.7 Å². The van der Waals surface area contributed by atoms with Gasteiger partial charge in [-0.05, 0) is 30.5 Å². The highest BCUT2D eigenvalue weighted by Crippen LogP contribution is 2.18. The van der Waals surface area contributed by atoms with E-state index in [-0.39, 0.29) is 0 Å². The summed E-state index contributed by atoms with van der Waals surface area (Å²) in [5, 5.41) is 8.39. The van der Waals surface area contributed by atoms with Crippen LogP contribution < -0.4 is 4.74 Å². The van der Waals surface area contributed by atoms with Crippen LogP contribution in [-0.4, -0.2) is 30.1 Å². The van der Waals surface area contributed by atoms with Crippen molar-refractivity contribution in [3.63, 3.8) is 0 Å². The molecule has 5 nitrogen and oxygen atoms in total. The molecule has 0 saturated heterocycles. The standard InChI is InChI=1S/C13H19NO4Si/c1-15-19(16-2,17-3)10-4-5-12-6-8-13(9-7-12)18-11-14/h6-9H,4-5,10H2,1-3H3. The number of hydrogen-bond donors (Lipinski definition) is 0. The zero-order valence-corrected chi connectivity index (χ0v) is 12.5.